The third kappa shape index (κ3) is 29.2. The first-order valence-corrected chi connectivity index (χ1v) is 66.8. The van der Waals surface area contributed by atoms with Crippen molar-refractivity contribution in [2.24, 2.45) is 0 Å². The number of hydrogen-bond acceptors (Lipinski definition) is 14. The molecule has 0 saturated carbocycles. The molecule has 0 amide bonds. The number of hydrogen-bond donors (Lipinski definition) is 0. The van der Waals surface area contributed by atoms with E-state index < -0.39 is 140 Å². The molecule has 2 rings (SSSR count). The van der Waals surface area contributed by atoms with Gasteiger partial charge in [-0.15, -0.1) is 13.2 Å². The lowest BCUT2D eigenvalue weighted by molar-refractivity contribution is 0.262. The first kappa shape index (κ1) is 70.8. The predicted octanol–water partition coefficient (Wildman–Crippen LogP) is 9.60. The third-order valence-electron chi connectivity index (χ3n) is 9.64. The van der Waals surface area contributed by atoms with Gasteiger partial charge in [0.1, 0.15) is 0 Å². The summed E-state index contributed by atoms with van der Waals surface area (Å²) in [6, 6.07) is 20.7. The fraction of sp³-hybridized carbons (Fsp3) is 0.619. The molecule has 2 aromatic rings. The zero-order valence-electron chi connectivity index (χ0n) is 49.5. The summed E-state index contributed by atoms with van der Waals surface area (Å²) in [4.78, 5) is 0. The minimum absolute atomic E-state index is 1.09. The number of rotatable bonds is 32. The van der Waals surface area contributed by atoms with Crippen LogP contribution in [0.2, 0.25) is 170 Å². The van der Waals surface area contributed by atoms with Crippen LogP contribution in [0.25, 0.3) is 0 Å². The zero-order chi connectivity index (χ0) is 56.0. The van der Waals surface area contributed by atoms with Crippen molar-refractivity contribution in [1.82, 2.24) is 0 Å². The fourth-order valence-corrected chi connectivity index (χ4v) is 72.2. The van der Waals surface area contributed by atoms with E-state index in [2.05, 4.69) is 188 Å². The Morgan fingerprint density at radius 1 is 0.319 bits per heavy atom. The van der Waals surface area contributed by atoms with Gasteiger partial charge in [0.05, 0.1) is 0 Å². The molecule has 14 nitrogen and oxygen atoms in total. The summed E-state index contributed by atoms with van der Waals surface area (Å²) < 4.78 is 91.0. The van der Waals surface area contributed by atoms with E-state index >= 15 is 0 Å². The molecule has 2 aromatic carbocycles. The molecular weight excluding hydrogens is 1180 g/mol. The highest BCUT2D eigenvalue weighted by Gasteiger charge is 2.52. The van der Waals surface area contributed by atoms with Gasteiger partial charge in [-0.25, -0.2) is 0 Å². The minimum atomic E-state index is -3.04. The molecule has 0 aliphatic rings. The van der Waals surface area contributed by atoms with Gasteiger partial charge in [-0.3, -0.25) is 0 Å². The molecule has 0 radical (unpaired) electrons. The van der Waals surface area contributed by atoms with Gasteiger partial charge in [-0.1, -0.05) is 72.1 Å². The molecule has 0 aromatic heterocycles. The van der Waals surface area contributed by atoms with Gasteiger partial charge in [0.15, 0.2) is 26.4 Å². The van der Waals surface area contributed by atoms with Crippen molar-refractivity contribution < 1.29 is 57.6 Å². The van der Waals surface area contributed by atoms with Crippen LogP contribution < -0.4 is 10.4 Å². The lowest BCUT2D eigenvalue weighted by Crippen LogP contribution is -2.71. The smallest absolute Gasteiger partial charge is 0.388 e. The highest BCUT2D eigenvalue weighted by Crippen LogP contribution is 2.29. The highest BCUT2D eigenvalue weighted by atomic mass is 28.5. The normalized spacial score (nSPS) is 15.7. The summed E-state index contributed by atoms with van der Waals surface area (Å²) in [5.74, 6) is 0. The zero-order valence-corrected chi connectivity index (χ0v) is 66.5. The Labute approximate surface area is 460 Å². The Morgan fingerprint density at radius 3 is 0.944 bits per heavy atom. The summed E-state index contributed by atoms with van der Waals surface area (Å²) in [5.41, 5.74) is 3.94. The van der Waals surface area contributed by atoms with E-state index in [1.807, 2.05) is 67.4 Å². The molecule has 0 bridgehead atoms. The van der Waals surface area contributed by atoms with Crippen molar-refractivity contribution in [3.63, 3.8) is 0 Å². The fourth-order valence-electron chi connectivity index (χ4n) is 8.57. The number of benzene rings is 2. The van der Waals surface area contributed by atoms with Gasteiger partial charge in [-0.05, 0) is 181 Å². The van der Waals surface area contributed by atoms with E-state index in [1.54, 1.807) is 0 Å². The van der Waals surface area contributed by atoms with Crippen LogP contribution in [-0.4, -0.2) is 140 Å². The summed E-state index contributed by atoms with van der Waals surface area (Å²) in [6.45, 7) is 62.6. The van der Waals surface area contributed by atoms with Crippen molar-refractivity contribution in [2.45, 2.75) is 170 Å². The van der Waals surface area contributed by atoms with Gasteiger partial charge >= 0.3 is 68.5 Å². The van der Waals surface area contributed by atoms with Crippen LogP contribution in [0.3, 0.4) is 0 Å². The van der Waals surface area contributed by atoms with Crippen LogP contribution in [0.4, 0.5) is 0 Å². The second-order valence-electron chi connectivity index (χ2n) is 22.7. The quantitative estimate of drug-likeness (QED) is 0.0645. The van der Waals surface area contributed by atoms with E-state index in [0.717, 1.165) is 10.4 Å². The lowest BCUT2D eigenvalue weighted by atomic mass is 10.4. The summed E-state index contributed by atoms with van der Waals surface area (Å²) in [6.07, 6.45) is 0. The van der Waals surface area contributed by atoms with Crippen LogP contribution in [0.1, 0.15) is 0 Å². The molecular formula is C42H100O14Si16. The van der Waals surface area contributed by atoms with Crippen LogP contribution in [-0.2, 0) is 57.6 Å². The standard InChI is InChI=1S/C22H34O3Si4.C20H66O11Si12/c1-9-26(3,4)23-28(7,8)25-29(24-27(5,6)10-2,21-17-13-11-14-18-21)22-19-15-12-16-20-22;1-32(2)21-34(5)22-35(6)23-36(7)24-37(8)26-39(11,12)28-41(15,16)30-43(19,20)31-42(17,18)29-40(13,14)27-38(9,10)25-33(3)4/h9-20H,1-2H2,3-8H3;32-37H,1-20H3. The van der Waals surface area contributed by atoms with Crippen LogP contribution in [0.15, 0.2) is 85.2 Å². The second kappa shape index (κ2) is 29.3. The molecule has 72 heavy (non-hydrogen) atoms. The van der Waals surface area contributed by atoms with Gasteiger partial charge in [0.25, 0.3) is 37.1 Å². The van der Waals surface area contributed by atoms with Gasteiger partial charge < -0.3 is 57.6 Å². The minimum Gasteiger partial charge on any atom is -0.442 e. The molecule has 30 heteroatoms. The largest absolute Gasteiger partial charge is 0.442 e. The van der Waals surface area contributed by atoms with Crippen molar-refractivity contribution in [2.75, 3.05) is 0 Å². The highest BCUT2D eigenvalue weighted by molar-refractivity contribution is 7.03. The van der Waals surface area contributed by atoms with E-state index in [1.165, 1.54) is 0 Å². The Kier molecular flexibility index (Phi) is 28.9. The monoisotopic (exact) mass is 1280 g/mol. The van der Waals surface area contributed by atoms with Crippen molar-refractivity contribution in [1.29, 1.82) is 0 Å². The molecule has 0 aliphatic heterocycles. The van der Waals surface area contributed by atoms with Gasteiger partial charge in [-0.2, -0.15) is 0 Å². The van der Waals surface area contributed by atoms with Gasteiger partial charge in [0, 0.05) is 0 Å². The Bertz CT molecular complexity index is 1880. The SMILES string of the molecule is C=C[Si](C)(C)O[Si](C)(C)O[Si](O[Si](C)(C)C=C)(c1ccccc1)c1ccccc1.C[SiH](C)O[SiH](C)O[SiH](C)O[SiH](C)O[SiH](C)O[Si](C)(C)O[Si](C)(C)O[Si](C)(C)O[Si](C)(C)O[Si](C)(C)O[Si](C)(C)O[SiH](C)C. The van der Waals surface area contributed by atoms with Crippen LogP contribution in [0.5, 0.6) is 0 Å². The van der Waals surface area contributed by atoms with E-state index in [-0.39, 0.29) is 0 Å². The molecule has 0 heterocycles. The van der Waals surface area contributed by atoms with Crippen molar-refractivity contribution >= 4 is 151 Å². The topological polar surface area (TPSA) is 129 Å². The van der Waals surface area contributed by atoms with E-state index in [0.29, 0.717) is 0 Å². The lowest BCUT2D eigenvalue weighted by Gasteiger charge is -2.43. The molecule has 0 N–H and O–H groups in total. The maximum absolute atomic E-state index is 7.08. The Balaban J connectivity index is 0.000000773. The summed E-state index contributed by atoms with van der Waals surface area (Å²) >= 11 is 0. The third-order valence-corrected chi connectivity index (χ3v) is 64.6. The van der Waals surface area contributed by atoms with E-state index in [9.17, 15) is 0 Å². The van der Waals surface area contributed by atoms with Crippen LogP contribution >= 0.6 is 0 Å². The molecule has 0 saturated heterocycles. The van der Waals surface area contributed by atoms with Crippen molar-refractivity contribution in [3.8, 4) is 0 Å². The predicted molar refractivity (Wildman–Crippen MR) is 341 cm³/mol. The summed E-state index contributed by atoms with van der Waals surface area (Å²) in [7, 11) is -34.5. The van der Waals surface area contributed by atoms with Crippen molar-refractivity contribution in [3.05, 3.63) is 85.2 Å². The van der Waals surface area contributed by atoms with Crippen LogP contribution in [0, 0.1) is 0 Å². The molecule has 416 valence electrons. The average Bonchev–Trinajstić information content (AvgIpc) is 3.14. The maximum Gasteiger partial charge on any atom is 0.388 e. The van der Waals surface area contributed by atoms with E-state index in [4.69, 9.17) is 57.6 Å². The average molecular weight is 1280 g/mol. The van der Waals surface area contributed by atoms with Gasteiger partial charge in [0.2, 0.25) is 8.32 Å². The first-order valence-electron chi connectivity index (χ1n) is 25.4. The Morgan fingerprint density at radius 2 is 0.611 bits per heavy atom. The summed E-state index contributed by atoms with van der Waals surface area (Å²) in [5, 5.41) is 2.19. The maximum atomic E-state index is 7.08. The molecule has 0 aliphatic carbocycles. The molecule has 0 spiro atoms. The first-order chi connectivity index (χ1) is 32.4. The molecule has 4 unspecified atom stereocenters. The Hall–Kier alpha value is 0.830. The second-order valence-corrected chi connectivity index (χ2v) is 73.5. The molecule has 4 atom stereocenters. The molecule has 0 fully saturated rings.